The highest BCUT2D eigenvalue weighted by atomic mass is 79.9. The maximum Gasteiger partial charge on any atom is 0.161 e. The number of anilines is 1. The van der Waals surface area contributed by atoms with Gasteiger partial charge < -0.3 is 5.32 Å². The normalized spacial score (nSPS) is 10.5. The van der Waals surface area contributed by atoms with Crippen LogP contribution >= 0.6 is 39.1 Å². The van der Waals surface area contributed by atoms with Gasteiger partial charge in [-0.1, -0.05) is 30.1 Å². The Hall–Kier alpha value is -0.840. The second-order valence-electron chi connectivity index (χ2n) is 3.95. The van der Waals surface area contributed by atoms with E-state index >= 15 is 0 Å². The third-order valence-corrected chi connectivity index (χ3v) is 3.78. The van der Waals surface area contributed by atoms with Gasteiger partial charge in [-0.3, -0.25) is 0 Å². The summed E-state index contributed by atoms with van der Waals surface area (Å²) < 4.78 is 0.838. The van der Waals surface area contributed by atoms with E-state index in [1.165, 1.54) is 0 Å². The highest BCUT2D eigenvalue weighted by Gasteiger charge is 2.08. The van der Waals surface area contributed by atoms with Crippen LogP contribution in [0.1, 0.15) is 13.3 Å². The molecule has 1 aromatic heterocycles. The van der Waals surface area contributed by atoms with Gasteiger partial charge in [-0.05, 0) is 40.5 Å². The van der Waals surface area contributed by atoms with E-state index in [2.05, 4.69) is 38.1 Å². The van der Waals surface area contributed by atoms with E-state index in [1.807, 2.05) is 6.07 Å². The van der Waals surface area contributed by atoms with Crippen molar-refractivity contribution in [1.29, 1.82) is 0 Å². The summed E-state index contributed by atoms with van der Waals surface area (Å²) in [6.07, 6.45) is 2.75. The Morgan fingerprint density at radius 2 is 2.05 bits per heavy atom. The van der Waals surface area contributed by atoms with Gasteiger partial charge in [0.15, 0.2) is 5.82 Å². The van der Waals surface area contributed by atoms with Gasteiger partial charge in [-0.25, -0.2) is 9.97 Å². The maximum absolute atomic E-state index is 6.01. The van der Waals surface area contributed by atoms with Crippen molar-refractivity contribution in [2.45, 2.75) is 13.3 Å². The molecule has 0 bridgehead atoms. The molecule has 0 aliphatic carbocycles. The van der Waals surface area contributed by atoms with Crippen molar-refractivity contribution in [3.8, 4) is 11.4 Å². The van der Waals surface area contributed by atoms with Crippen LogP contribution in [0.5, 0.6) is 0 Å². The number of nitrogens with one attached hydrogen (secondary N) is 1. The molecule has 100 valence electrons. The van der Waals surface area contributed by atoms with Crippen molar-refractivity contribution in [2.75, 3.05) is 11.9 Å². The van der Waals surface area contributed by atoms with E-state index in [0.717, 1.165) is 28.8 Å². The lowest BCUT2D eigenvalue weighted by Crippen LogP contribution is -2.04. The first kappa shape index (κ1) is 14.6. The third-order valence-electron chi connectivity index (χ3n) is 2.46. The number of benzene rings is 1. The third kappa shape index (κ3) is 3.59. The maximum atomic E-state index is 6.01. The standard InChI is InChI=1S/C13H12BrCl2N3/c1-2-5-17-13-9(14)7-18-12(19-13)8-3-4-10(15)11(16)6-8/h3-4,6-7H,2,5H2,1H3,(H,17,18,19). The van der Waals surface area contributed by atoms with Crippen LogP contribution in [0, 0.1) is 0 Å². The molecular formula is C13H12BrCl2N3. The number of hydrogen-bond acceptors (Lipinski definition) is 3. The fraction of sp³-hybridized carbons (Fsp3) is 0.231. The molecular weight excluding hydrogens is 349 g/mol. The topological polar surface area (TPSA) is 37.8 Å². The van der Waals surface area contributed by atoms with Gasteiger partial charge in [0.2, 0.25) is 0 Å². The van der Waals surface area contributed by atoms with E-state index in [0.29, 0.717) is 15.9 Å². The van der Waals surface area contributed by atoms with Crippen molar-refractivity contribution in [2.24, 2.45) is 0 Å². The molecule has 0 spiro atoms. The minimum Gasteiger partial charge on any atom is -0.369 e. The SMILES string of the molecule is CCCNc1nc(-c2ccc(Cl)c(Cl)c2)ncc1Br. The van der Waals surface area contributed by atoms with Gasteiger partial charge >= 0.3 is 0 Å². The molecule has 0 aliphatic heterocycles. The van der Waals surface area contributed by atoms with Crippen LogP contribution in [0.2, 0.25) is 10.0 Å². The molecule has 3 nitrogen and oxygen atoms in total. The van der Waals surface area contributed by atoms with Crippen LogP contribution in [-0.4, -0.2) is 16.5 Å². The van der Waals surface area contributed by atoms with E-state index in [9.17, 15) is 0 Å². The van der Waals surface area contributed by atoms with Gasteiger partial charge in [0, 0.05) is 18.3 Å². The van der Waals surface area contributed by atoms with E-state index in [4.69, 9.17) is 23.2 Å². The van der Waals surface area contributed by atoms with Crippen LogP contribution in [0.25, 0.3) is 11.4 Å². The van der Waals surface area contributed by atoms with Gasteiger partial charge in [-0.15, -0.1) is 0 Å². The zero-order chi connectivity index (χ0) is 13.8. The zero-order valence-electron chi connectivity index (χ0n) is 10.3. The molecule has 1 N–H and O–H groups in total. The molecule has 0 amide bonds. The van der Waals surface area contributed by atoms with Crippen LogP contribution < -0.4 is 5.32 Å². The summed E-state index contributed by atoms with van der Waals surface area (Å²) in [4.78, 5) is 8.77. The Bertz CT molecular complexity index is 590. The summed E-state index contributed by atoms with van der Waals surface area (Å²) in [5, 5.41) is 4.26. The fourth-order valence-corrected chi connectivity index (χ4v) is 2.14. The van der Waals surface area contributed by atoms with Crippen LogP contribution in [0.3, 0.4) is 0 Å². The fourth-order valence-electron chi connectivity index (χ4n) is 1.51. The number of aromatic nitrogens is 2. The van der Waals surface area contributed by atoms with Crippen molar-refractivity contribution >= 4 is 44.9 Å². The van der Waals surface area contributed by atoms with E-state index < -0.39 is 0 Å². The summed E-state index contributed by atoms with van der Waals surface area (Å²) in [5.74, 6) is 1.39. The molecule has 1 heterocycles. The molecule has 1 aromatic carbocycles. The summed E-state index contributed by atoms with van der Waals surface area (Å²) >= 11 is 15.3. The molecule has 0 saturated carbocycles. The molecule has 0 saturated heterocycles. The molecule has 0 unspecified atom stereocenters. The largest absolute Gasteiger partial charge is 0.369 e. The van der Waals surface area contributed by atoms with Crippen molar-refractivity contribution in [3.63, 3.8) is 0 Å². The number of rotatable bonds is 4. The summed E-state index contributed by atoms with van der Waals surface area (Å²) in [6, 6.07) is 5.35. The molecule has 0 fully saturated rings. The lowest BCUT2D eigenvalue weighted by Gasteiger charge is -2.08. The predicted molar refractivity (Wildman–Crippen MR) is 84.0 cm³/mol. The minimum absolute atomic E-state index is 0.494. The monoisotopic (exact) mass is 359 g/mol. The predicted octanol–water partition coefficient (Wildman–Crippen LogP) is 5.03. The van der Waals surface area contributed by atoms with Crippen LogP contribution in [-0.2, 0) is 0 Å². The number of halogens is 3. The Labute approximate surface area is 130 Å². The lowest BCUT2D eigenvalue weighted by molar-refractivity contribution is 0.963. The zero-order valence-corrected chi connectivity index (χ0v) is 13.3. The quantitative estimate of drug-likeness (QED) is 0.830. The molecule has 0 aliphatic rings. The molecule has 6 heteroatoms. The minimum atomic E-state index is 0.494. The Morgan fingerprint density at radius 3 is 2.74 bits per heavy atom. The smallest absolute Gasteiger partial charge is 0.161 e. The second kappa shape index (κ2) is 6.55. The summed E-state index contributed by atoms with van der Waals surface area (Å²) in [6.45, 7) is 2.96. The second-order valence-corrected chi connectivity index (χ2v) is 5.61. The van der Waals surface area contributed by atoms with Gasteiger partial charge in [-0.2, -0.15) is 0 Å². The van der Waals surface area contributed by atoms with Crippen molar-refractivity contribution in [3.05, 3.63) is 38.9 Å². The Morgan fingerprint density at radius 1 is 1.26 bits per heavy atom. The molecule has 2 rings (SSSR count). The highest BCUT2D eigenvalue weighted by Crippen LogP contribution is 2.28. The average molecular weight is 361 g/mol. The van der Waals surface area contributed by atoms with E-state index in [1.54, 1.807) is 18.3 Å². The number of hydrogen-bond donors (Lipinski definition) is 1. The first-order valence-electron chi connectivity index (χ1n) is 5.83. The van der Waals surface area contributed by atoms with Gasteiger partial charge in [0.25, 0.3) is 0 Å². The first-order valence-corrected chi connectivity index (χ1v) is 7.38. The van der Waals surface area contributed by atoms with Gasteiger partial charge in [0.1, 0.15) is 5.82 Å². The molecule has 2 aromatic rings. The molecule has 0 atom stereocenters. The summed E-state index contributed by atoms with van der Waals surface area (Å²) in [5.41, 5.74) is 0.835. The summed E-state index contributed by atoms with van der Waals surface area (Å²) in [7, 11) is 0. The van der Waals surface area contributed by atoms with Crippen LogP contribution in [0.15, 0.2) is 28.9 Å². The van der Waals surface area contributed by atoms with Crippen molar-refractivity contribution in [1.82, 2.24) is 9.97 Å². The Balaban J connectivity index is 2.36. The van der Waals surface area contributed by atoms with E-state index in [-0.39, 0.29) is 0 Å². The lowest BCUT2D eigenvalue weighted by atomic mass is 10.2. The molecule has 0 radical (unpaired) electrons. The number of nitrogens with zero attached hydrogens (tertiary/aromatic N) is 2. The average Bonchev–Trinajstić information content (AvgIpc) is 2.41. The highest BCUT2D eigenvalue weighted by molar-refractivity contribution is 9.10. The first-order chi connectivity index (χ1) is 9.11. The molecule has 19 heavy (non-hydrogen) atoms. The Kier molecular flexibility index (Phi) is 5.02. The van der Waals surface area contributed by atoms with Gasteiger partial charge in [0.05, 0.1) is 14.5 Å². The van der Waals surface area contributed by atoms with Crippen molar-refractivity contribution < 1.29 is 0 Å². The van der Waals surface area contributed by atoms with Crippen LogP contribution in [0.4, 0.5) is 5.82 Å².